The van der Waals surface area contributed by atoms with Gasteiger partial charge in [-0.1, -0.05) is 26.0 Å². The predicted octanol–water partition coefficient (Wildman–Crippen LogP) is 2.93. The van der Waals surface area contributed by atoms with Crippen molar-refractivity contribution in [1.82, 2.24) is 4.31 Å². The number of hydrogen-bond donors (Lipinski definition) is 2. The summed E-state index contributed by atoms with van der Waals surface area (Å²) in [7, 11) is -3.97. The molecule has 0 amide bonds. The summed E-state index contributed by atoms with van der Waals surface area (Å²) in [6, 6.07) is 9.38. The molecule has 1 heterocycles. The van der Waals surface area contributed by atoms with Crippen molar-refractivity contribution in [3.63, 3.8) is 0 Å². The van der Waals surface area contributed by atoms with Crippen LogP contribution in [0.1, 0.15) is 19.4 Å². The number of halogens is 3. The molecule has 3 N–H and O–H groups in total. The van der Waals surface area contributed by atoms with E-state index in [9.17, 15) is 26.7 Å². The molecule has 0 radical (unpaired) electrons. The lowest BCUT2D eigenvalue weighted by atomic mass is 10.0. The minimum atomic E-state index is -4.44. The highest BCUT2D eigenvalue weighted by Gasteiger charge is 2.31. The van der Waals surface area contributed by atoms with Crippen molar-refractivity contribution < 1.29 is 40.9 Å². The van der Waals surface area contributed by atoms with Gasteiger partial charge in [0.1, 0.15) is 5.75 Å². The predicted molar refractivity (Wildman–Crippen MR) is 122 cm³/mol. The molecule has 12 heteroatoms. The van der Waals surface area contributed by atoms with Gasteiger partial charge in [0.15, 0.2) is 18.1 Å². The molecular formula is C23H29F3N2O6S. The zero-order chi connectivity index (χ0) is 25.8. The fraction of sp³-hybridized carbons (Fsp3) is 0.478. The van der Waals surface area contributed by atoms with Gasteiger partial charge in [-0.3, -0.25) is 0 Å². The lowest BCUT2D eigenvalue weighted by Crippen LogP contribution is -2.47. The van der Waals surface area contributed by atoms with Crippen LogP contribution in [0.2, 0.25) is 0 Å². The highest BCUT2D eigenvalue weighted by Crippen LogP contribution is 2.34. The first-order valence-electron chi connectivity index (χ1n) is 11.0. The number of alkyl halides is 3. The number of hydrogen-bond acceptors (Lipinski definition) is 7. The van der Waals surface area contributed by atoms with Gasteiger partial charge >= 0.3 is 6.18 Å². The summed E-state index contributed by atoms with van der Waals surface area (Å²) in [6.45, 7) is 2.26. The van der Waals surface area contributed by atoms with Crippen molar-refractivity contribution in [2.24, 2.45) is 11.7 Å². The van der Waals surface area contributed by atoms with Gasteiger partial charge in [0.25, 0.3) is 0 Å². The number of nitrogens with zero attached hydrogens (tertiary/aromatic N) is 1. The average Bonchev–Trinajstić information content (AvgIpc) is 3.25. The van der Waals surface area contributed by atoms with Gasteiger partial charge in [0, 0.05) is 25.2 Å². The summed E-state index contributed by atoms with van der Waals surface area (Å²) < 4.78 is 79.9. The van der Waals surface area contributed by atoms with Crippen LogP contribution in [0.3, 0.4) is 0 Å². The van der Waals surface area contributed by atoms with E-state index in [4.69, 9.17) is 15.2 Å². The Balaban J connectivity index is 1.67. The van der Waals surface area contributed by atoms with E-state index in [-0.39, 0.29) is 42.9 Å². The molecule has 1 aliphatic heterocycles. The molecule has 2 aromatic carbocycles. The molecule has 0 aliphatic carbocycles. The molecule has 0 saturated carbocycles. The maximum absolute atomic E-state index is 13.3. The molecule has 0 spiro atoms. The molecule has 0 saturated heterocycles. The van der Waals surface area contributed by atoms with E-state index in [2.05, 4.69) is 4.74 Å². The molecular weight excluding hydrogens is 489 g/mol. The quantitative estimate of drug-likeness (QED) is 0.471. The van der Waals surface area contributed by atoms with Gasteiger partial charge in [-0.25, -0.2) is 8.42 Å². The Kier molecular flexibility index (Phi) is 8.52. The normalized spacial score (nSPS) is 15.5. The highest BCUT2D eigenvalue weighted by atomic mass is 32.2. The molecule has 0 fully saturated rings. The Bertz CT molecular complexity index is 1090. The van der Waals surface area contributed by atoms with E-state index >= 15 is 0 Å². The van der Waals surface area contributed by atoms with Crippen LogP contribution >= 0.6 is 0 Å². The molecule has 35 heavy (non-hydrogen) atoms. The minimum Gasteiger partial charge on any atom is -0.484 e. The van der Waals surface area contributed by atoms with Gasteiger partial charge in [-0.15, -0.1) is 0 Å². The van der Waals surface area contributed by atoms with Crippen LogP contribution < -0.4 is 19.9 Å². The van der Waals surface area contributed by atoms with E-state index < -0.39 is 35.0 Å². The third-order valence-corrected chi connectivity index (χ3v) is 7.06. The largest absolute Gasteiger partial charge is 0.484 e. The number of sulfonamides is 1. The van der Waals surface area contributed by atoms with E-state index in [1.807, 2.05) is 13.8 Å². The molecule has 0 unspecified atom stereocenters. The summed E-state index contributed by atoms with van der Waals surface area (Å²) in [5.41, 5.74) is 6.81. The van der Waals surface area contributed by atoms with Crippen LogP contribution in [0, 0.1) is 5.92 Å². The Morgan fingerprint density at radius 1 is 1.09 bits per heavy atom. The molecule has 0 bridgehead atoms. The second kappa shape index (κ2) is 11.0. The third-order valence-electron chi connectivity index (χ3n) is 5.23. The Hall–Kier alpha value is -2.54. The van der Waals surface area contributed by atoms with Crippen molar-refractivity contribution in [3.8, 4) is 17.2 Å². The van der Waals surface area contributed by atoms with Gasteiger partial charge in [0.2, 0.25) is 16.8 Å². The van der Waals surface area contributed by atoms with Gasteiger partial charge in [-0.2, -0.15) is 17.5 Å². The van der Waals surface area contributed by atoms with Crippen LogP contribution in [-0.4, -0.2) is 62.6 Å². The zero-order valence-corrected chi connectivity index (χ0v) is 20.2. The number of aliphatic hydroxyl groups is 1. The number of rotatable bonds is 11. The standard InChI is InChI=1S/C23H29F3N2O6S/c1-15(2)11-28(35(30,31)18-7-8-21-22(10-18)34-14-33-21)12-20(29)19(27)9-16-3-5-17(6-4-16)32-13-23(24,25)26/h3-8,10,15,19-20,29H,9,11-14,27H2,1-2H3/t19-,20+/m0/s1. The fourth-order valence-electron chi connectivity index (χ4n) is 3.50. The van der Waals surface area contributed by atoms with Crippen LogP contribution in [0.5, 0.6) is 17.2 Å². The molecule has 3 rings (SSSR count). The number of nitrogens with two attached hydrogens (primary N) is 1. The van der Waals surface area contributed by atoms with E-state index in [0.717, 1.165) is 0 Å². The fourth-order valence-corrected chi connectivity index (χ4v) is 5.14. The Morgan fingerprint density at radius 2 is 1.74 bits per heavy atom. The smallest absolute Gasteiger partial charge is 0.422 e. The van der Waals surface area contributed by atoms with Crippen molar-refractivity contribution >= 4 is 10.0 Å². The maximum Gasteiger partial charge on any atom is 0.422 e. The first kappa shape index (κ1) is 27.1. The van der Waals surface area contributed by atoms with Crippen LogP contribution in [0.4, 0.5) is 13.2 Å². The van der Waals surface area contributed by atoms with Gasteiger partial charge < -0.3 is 25.1 Å². The summed E-state index contributed by atoms with van der Waals surface area (Å²) in [4.78, 5) is 0.0117. The summed E-state index contributed by atoms with van der Waals surface area (Å²) in [5, 5.41) is 10.7. The number of aliphatic hydroxyl groups excluding tert-OH is 1. The van der Waals surface area contributed by atoms with Crippen LogP contribution in [0.15, 0.2) is 47.4 Å². The van der Waals surface area contributed by atoms with Crippen molar-refractivity contribution in [1.29, 1.82) is 0 Å². The van der Waals surface area contributed by atoms with Crippen LogP contribution in [0.25, 0.3) is 0 Å². The summed E-state index contributed by atoms with van der Waals surface area (Å²) in [5.74, 6) is 0.816. The van der Waals surface area contributed by atoms with Crippen LogP contribution in [-0.2, 0) is 16.4 Å². The molecule has 0 aromatic heterocycles. The van der Waals surface area contributed by atoms with Crippen molar-refractivity contribution in [2.75, 3.05) is 26.5 Å². The monoisotopic (exact) mass is 518 g/mol. The first-order chi connectivity index (χ1) is 16.3. The summed E-state index contributed by atoms with van der Waals surface area (Å²) in [6.07, 6.45) is -5.45. The lowest BCUT2D eigenvalue weighted by Gasteiger charge is -2.28. The van der Waals surface area contributed by atoms with Crippen molar-refractivity contribution in [2.45, 2.75) is 43.5 Å². The Labute approximate surface area is 202 Å². The van der Waals surface area contributed by atoms with Crippen molar-refractivity contribution in [3.05, 3.63) is 48.0 Å². The number of ether oxygens (including phenoxy) is 3. The Morgan fingerprint density at radius 3 is 2.37 bits per heavy atom. The highest BCUT2D eigenvalue weighted by molar-refractivity contribution is 7.89. The number of benzene rings is 2. The summed E-state index contributed by atoms with van der Waals surface area (Å²) >= 11 is 0. The van der Waals surface area contributed by atoms with Gasteiger partial charge in [0.05, 0.1) is 11.0 Å². The third kappa shape index (κ3) is 7.47. The second-order valence-corrected chi connectivity index (χ2v) is 10.7. The first-order valence-corrected chi connectivity index (χ1v) is 12.4. The van der Waals surface area contributed by atoms with E-state index in [0.29, 0.717) is 17.1 Å². The van der Waals surface area contributed by atoms with E-state index in [1.54, 1.807) is 12.1 Å². The average molecular weight is 519 g/mol. The minimum absolute atomic E-state index is 0.0115. The van der Waals surface area contributed by atoms with E-state index in [1.165, 1.54) is 34.6 Å². The molecule has 2 atom stereocenters. The molecule has 1 aliphatic rings. The second-order valence-electron chi connectivity index (χ2n) is 8.71. The lowest BCUT2D eigenvalue weighted by molar-refractivity contribution is -0.153. The van der Waals surface area contributed by atoms with Gasteiger partial charge in [-0.05, 0) is 42.2 Å². The SMILES string of the molecule is CC(C)CN(C[C@@H](O)[C@@H](N)Cc1ccc(OCC(F)(F)F)cc1)S(=O)(=O)c1ccc2c(c1)OCO2. The number of fused-ring (bicyclic) bond motifs is 1. The topological polar surface area (TPSA) is 111 Å². The molecule has 194 valence electrons. The molecule has 2 aromatic rings. The maximum atomic E-state index is 13.3. The molecule has 8 nitrogen and oxygen atoms in total. The zero-order valence-electron chi connectivity index (χ0n) is 19.4.